The lowest BCUT2D eigenvalue weighted by molar-refractivity contribution is -0.134. The van der Waals surface area contributed by atoms with Gasteiger partial charge in [-0.05, 0) is 30.0 Å². The molecular formula is C20H31N3O4S. The molecule has 156 valence electrons. The van der Waals surface area contributed by atoms with E-state index in [9.17, 15) is 13.2 Å². The maximum atomic E-state index is 12.9. The number of carbonyl (C=O) groups is 1. The Morgan fingerprint density at radius 1 is 1.04 bits per heavy atom. The SMILES string of the molecule is CC[C@@H](C)c1ccc(S(=O)(=O)N2CCN(C(=O)CN3CCOCC3)CC2)cc1. The molecule has 28 heavy (non-hydrogen) atoms. The van der Waals surface area contributed by atoms with Gasteiger partial charge in [-0.15, -0.1) is 0 Å². The van der Waals surface area contributed by atoms with Crippen LogP contribution in [0.25, 0.3) is 0 Å². The highest BCUT2D eigenvalue weighted by Gasteiger charge is 2.30. The van der Waals surface area contributed by atoms with Gasteiger partial charge in [0.2, 0.25) is 15.9 Å². The Kier molecular flexibility index (Phi) is 7.09. The fourth-order valence-corrected chi connectivity index (χ4v) is 5.00. The second-order valence-electron chi connectivity index (χ2n) is 7.55. The van der Waals surface area contributed by atoms with E-state index in [4.69, 9.17) is 4.74 Å². The number of morpholine rings is 1. The molecule has 1 amide bonds. The minimum Gasteiger partial charge on any atom is -0.379 e. The van der Waals surface area contributed by atoms with Crippen molar-refractivity contribution in [3.63, 3.8) is 0 Å². The predicted molar refractivity (Wildman–Crippen MR) is 108 cm³/mol. The molecule has 0 radical (unpaired) electrons. The Balaban J connectivity index is 1.56. The zero-order valence-electron chi connectivity index (χ0n) is 16.8. The second-order valence-corrected chi connectivity index (χ2v) is 9.49. The summed E-state index contributed by atoms with van der Waals surface area (Å²) < 4.78 is 32.7. The van der Waals surface area contributed by atoms with Gasteiger partial charge in [-0.25, -0.2) is 8.42 Å². The summed E-state index contributed by atoms with van der Waals surface area (Å²) in [5.41, 5.74) is 1.15. The summed E-state index contributed by atoms with van der Waals surface area (Å²) in [6.45, 7) is 9.05. The number of sulfonamides is 1. The molecule has 2 fully saturated rings. The van der Waals surface area contributed by atoms with Crippen LogP contribution in [0.2, 0.25) is 0 Å². The molecule has 0 spiro atoms. The molecule has 2 saturated heterocycles. The van der Waals surface area contributed by atoms with E-state index in [-0.39, 0.29) is 5.91 Å². The molecule has 2 aliphatic heterocycles. The predicted octanol–water partition coefficient (Wildman–Crippen LogP) is 1.37. The molecule has 3 rings (SSSR count). The number of hydrogen-bond donors (Lipinski definition) is 0. The van der Waals surface area contributed by atoms with Crippen molar-refractivity contribution in [2.24, 2.45) is 0 Å². The van der Waals surface area contributed by atoms with Gasteiger partial charge in [0.05, 0.1) is 24.7 Å². The van der Waals surface area contributed by atoms with Crippen molar-refractivity contribution >= 4 is 15.9 Å². The first-order valence-electron chi connectivity index (χ1n) is 10.1. The van der Waals surface area contributed by atoms with Crippen LogP contribution in [0, 0.1) is 0 Å². The van der Waals surface area contributed by atoms with Crippen molar-refractivity contribution < 1.29 is 17.9 Å². The van der Waals surface area contributed by atoms with Crippen molar-refractivity contribution in [3.05, 3.63) is 29.8 Å². The van der Waals surface area contributed by atoms with Crippen molar-refractivity contribution in [2.45, 2.75) is 31.1 Å². The van der Waals surface area contributed by atoms with Crippen LogP contribution in [0.3, 0.4) is 0 Å². The van der Waals surface area contributed by atoms with Gasteiger partial charge in [0.15, 0.2) is 0 Å². The van der Waals surface area contributed by atoms with Crippen LogP contribution in [0.4, 0.5) is 0 Å². The highest BCUT2D eigenvalue weighted by atomic mass is 32.2. The van der Waals surface area contributed by atoms with E-state index in [0.29, 0.717) is 56.8 Å². The summed E-state index contributed by atoms with van der Waals surface area (Å²) in [5, 5.41) is 0. The van der Waals surface area contributed by atoms with E-state index in [2.05, 4.69) is 18.7 Å². The van der Waals surface area contributed by atoms with Crippen molar-refractivity contribution in [1.82, 2.24) is 14.1 Å². The first-order valence-corrected chi connectivity index (χ1v) is 11.5. The molecule has 2 heterocycles. The third-order valence-corrected chi connectivity index (χ3v) is 7.67. The van der Waals surface area contributed by atoms with E-state index in [1.807, 2.05) is 12.1 Å². The average Bonchev–Trinajstić information content (AvgIpc) is 2.74. The van der Waals surface area contributed by atoms with Gasteiger partial charge in [0.1, 0.15) is 0 Å². The van der Waals surface area contributed by atoms with Gasteiger partial charge in [0, 0.05) is 39.3 Å². The van der Waals surface area contributed by atoms with Crippen LogP contribution in [0.5, 0.6) is 0 Å². The maximum absolute atomic E-state index is 12.9. The molecular weight excluding hydrogens is 378 g/mol. The van der Waals surface area contributed by atoms with Crippen LogP contribution in [-0.2, 0) is 19.6 Å². The Bertz CT molecular complexity index is 752. The number of ether oxygens (including phenoxy) is 1. The topological polar surface area (TPSA) is 70.2 Å². The van der Waals surface area contributed by atoms with E-state index >= 15 is 0 Å². The quantitative estimate of drug-likeness (QED) is 0.710. The Morgan fingerprint density at radius 3 is 2.21 bits per heavy atom. The summed E-state index contributed by atoms with van der Waals surface area (Å²) in [4.78, 5) is 16.7. The Hall–Kier alpha value is -1.48. The summed E-state index contributed by atoms with van der Waals surface area (Å²) in [5.74, 6) is 0.481. The molecule has 8 heteroatoms. The summed E-state index contributed by atoms with van der Waals surface area (Å²) in [7, 11) is -3.52. The van der Waals surface area contributed by atoms with Crippen molar-refractivity contribution in [1.29, 1.82) is 0 Å². The summed E-state index contributed by atoms with van der Waals surface area (Å²) in [6, 6.07) is 7.21. The molecule has 0 bridgehead atoms. The van der Waals surface area contributed by atoms with Gasteiger partial charge < -0.3 is 9.64 Å². The van der Waals surface area contributed by atoms with E-state index < -0.39 is 10.0 Å². The number of amides is 1. The zero-order valence-corrected chi connectivity index (χ0v) is 17.7. The number of rotatable bonds is 6. The minimum absolute atomic E-state index is 0.0665. The molecule has 0 saturated carbocycles. The average molecular weight is 410 g/mol. The fraction of sp³-hybridized carbons (Fsp3) is 0.650. The smallest absolute Gasteiger partial charge is 0.243 e. The summed E-state index contributed by atoms with van der Waals surface area (Å²) >= 11 is 0. The Morgan fingerprint density at radius 2 is 1.64 bits per heavy atom. The fourth-order valence-electron chi connectivity index (χ4n) is 3.58. The van der Waals surface area contributed by atoms with Crippen molar-refractivity contribution in [2.75, 3.05) is 59.0 Å². The molecule has 1 aromatic carbocycles. The lowest BCUT2D eigenvalue weighted by Crippen LogP contribution is -2.53. The molecule has 0 aliphatic carbocycles. The van der Waals surface area contributed by atoms with Crippen LogP contribution in [0.1, 0.15) is 31.7 Å². The van der Waals surface area contributed by atoms with Crippen LogP contribution < -0.4 is 0 Å². The molecule has 1 atom stereocenters. The van der Waals surface area contributed by atoms with Crippen LogP contribution in [-0.4, -0.2) is 87.5 Å². The van der Waals surface area contributed by atoms with Gasteiger partial charge in [-0.3, -0.25) is 9.69 Å². The normalized spacial score (nSPS) is 20.9. The third-order valence-electron chi connectivity index (χ3n) is 5.75. The number of benzene rings is 1. The standard InChI is InChI=1S/C20H31N3O4S/c1-3-17(2)18-4-6-19(7-5-18)28(25,26)23-10-8-22(9-11-23)20(24)16-21-12-14-27-15-13-21/h4-7,17H,3,8-16H2,1-2H3/t17-/m1/s1. The largest absolute Gasteiger partial charge is 0.379 e. The van der Waals surface area contributed by atoms with Gasteiger partial charge in [-0.2, -0.15) is 4.31 Å². The maximum Gasteiger partial charge on any atom is 0.243 e. The number of carbonyl (C=O) groups excluding carboxylic acids is 1. The van der Waals surface area contributed by atoms with Crippen LogP contribution >= 0.6 is 0 Å². The number of hydrogen-bond acceptors (Lipinski definition) is 5. The third kappa shape index (κ3) is 4.92. The van der Waals surface area contributed by atoms with Gasteiger partial charge in [-0.1, -0.05) is 26.0 Å². The highest BCUT2D eigenvalue weighted by Crippen LogP contribution is 2.23. The highest BCUT2D eigenvalue weighted by molar-refractivity contribution is 7.89. The first kappa shape index (κ1) is 21.2. The molecule has 0 aromatic heterocycles. The molecule has 2 aliphatic rings. The summed E-state index contributed by atoms with van der Waals surface area (Å²) in [6.07, 6.45) is 1.02. The van der Waals surface area contributed by atoms with E-state index in [1.54, 1.807) is 17.0 Å². The van der Waals surface area contributed by atoms with Crippen LogP contribution in [0.15, 0.2) is 29.2 Å². The molecule has 7 nitrogen and oxygen atoms in total. The monoisotopic (exact) mass is 409 g/mol. The lowest BCUT2D eigenvalue weighted by Gasteiger charge is -2.35. The lowest BCUT2D eigenvalue weighted by atomic mass is 9.99. The van der Waals surface area contributed by atoms with Crippen molar-refractivity contribution in [3.8, 4) is 0 Å². The van der Waals surface area contributed by atoms with E-state index in [0.717, 1.165) is 25.1 Å². The van der Waals surface area contributed by atoms with Gasteiger partial charge in [0.25, 0.3) is 0 Å². The Labute approximate surface area is 168 Å². The number of nitrogens with zero attached hydrogens (tertiary/aromatic N) is 3. The zero-order chi connectivity index (χ0) is 20.1. The number of piperazine rings is 1. The molecule has 0 unspecified atom stereocenters. The molecule has 0 N–H and O–H groups in total. The first-order chi connectivity index (χ1) is 13.4. The van der Waals surface area contributed by atoms with E-state index in [1.165, 1.54) is 4.31 Å². The molecule has 1 aromatic rings. The second kappa shape index (κ2) is 9.35. The van der Waals surface area contributed by atoms with Gasteiger partial charge >= 0.3 is 0 Å². The minimum atomic E-state index is -3.52.